The molecule has 0 atom stereocenters. The van der Waals surface area contributed by atoms with Crippen LogP contribution < -0.4 is 4.90 Å². The minimum atomic E-state index is -0.297. The Morgan fingerprint density at radius 2 is 1.87 bits per heavy atom. The molecule has 0 unspecified atom stereocenters. The number of aliphatic hydroxyl groups is 1. The summed E-state index contributed by atoms with van der Waals surface area (Å²) in [4.78, 5) is 1.99. The molecular formula is C12H16N2O. The minimum Gasteiger partial charge on any atom is -0.394 e. The predicted octanol–water partition coefficient (Wildman–Crippen LogP) is 1.77. The third kappa shape index (κ3) is 2.48. The van der Waals surface area contributed by atoms with E-state index < -0.39 is 0 Å². The van der Waals surface area contributed by atoms with E-state index in [1.165, 1.54) is 0 Å². The second-order valence-corrected chi connectivity index (χ2v) is 4.19. The summed E-state index contributed by atoms with van der Waals surface area (Å²) in [5, 5.41) is 17.9. The van der Waals surface area contributed by atoms with Gasteiger partial charge >= 0.3 is 0 Å². The normalized spacial score (nSPS) is 10.9. The van der Waals surface area contributed by atoms with Crippen LogP contribution in [-0.4, -0.2) is 24.3 Å². The number of anilines is 1. The van der Waals surface area contributed by atoms with Crippen molar-refractivity contribution < 1.29 is 5.11 Å². The summed E-state index contributed by atoms with van der Waals surface area (Å²) in [6.45, 7) is 4.01. The Bertz CT molecular complexity index is 362. The SMILES string of the molecule is CN(c1ccc(C#N)cc1)C(C)(C)CO. The van der Waals surface area contributed by atoms with Gasteiger partial charge in [0, 0.05) is 12.7 Å². The highest BCUT2D eigenvalue weighted by Gasteiger charge is 2.22. The van der Waals surface area contributed by atoms with E-state index in [1.54, 1.807) is 12.1 Å². The standard InChI is InChI=1S/C12H16N2O/c1-12(2,9-15)14(3)11-6-4-10(8-13)5-7-11/h4-7,15H,9H2,1-3H3. The molecule has 0 amide bonds. The van der Waals surface area contributed by atoms with Gasteiger partial charge in [-0.2, -0.15) is 5.26 Å². The molecule has 3 heteroatoms. The topological polar surface area (TPSA) is 47.3 Å². The van der Waals surface area contributed by atoms with Crippen LogP contribution in [0.4, 0.5) is 5.69 Å². The number of nitrogens with zero attached hydrogens (tertiary/aromatic N) is 2. The van der Waals surface area contributed by atoms with Crippen molar-refractivity contribution >= 4 is 5.69 Å². The van der Waals surface area contributed by atoms with Crippen LogP contribution in [0.25, 0.3) is 0 Å². The van der Waals surface area contributed by atoms with Gasteiger partial charge in [-0.05, 0) is 38.1 Å². The van der Waals surface area contributed by atoms with Crippen LogP contribution >= 0.6 is 0 Å². The first-order valence-electron chi connectivity index (χ1n) is 4.86. The van der Waals surface area contributed by atoms with Crippen molar-refractivity contribution in [2.24, 2.45) is 0 Å². The molecule has 0 radical (unpaired) electrons. The van der Waals surface area contributed by atoms with E-state index in [-0.39, 0.29) is 12.1 Å². The lowest BCUT2D eigenvalue weighted by molar-refractivity contribution is 0.216. The zero-order chi connectivity index (χ0) is 11.5. The maximum Gasteiger partial charge on any atom is 0.0991 e. The first-order chi connectivity index (χ1) is 7.01. The molecule has 1 N–H and O–H groups in total. The van der Waals surface area contributed by atoms with Crippen molar-refractivity contribution in [2.45, 2.75) is 19.4 Å². The lowest BCUT2D eigenvalue weighted by Gasteiger charge is -2.35. The van der Waals surface area contributed by atoms with Gasteiger partial charge in [0.15, 0.2) is 0 Å². The fourth-order valence-electron chi connectivity index (χ4n) is 1.22. The van der Waals surface area contributed by atoms with Crippen LogP contribution in [-0.2, 0) is 0 Å². The van der Waals surface area contributed by atoms with Gasteiger partial charge in [-0.3, -0.25) is 0 Å². The van der Waals surface area contributed by atoms with Crippen molar-refractivity contribution in [3.8, 4) is 6.07 Å². The number of hydrogen-bond donors (Lipinski definition) is 1. The smallest absolute Gasteiger partial charge is 0.0991 e. The largest absolute Gasteiger partial charge is 0.394 e. The number of benzene rings is 1. The van der Waals surface area contributed by atoms with Crippen molar-refractivity contribution in [2.75, 3.05) is 18.6 Å². The van der Waals surface area contributed by atoms with Gasteiger partial charge in [0.1, 0.15) is 0 Å². The maximum absolute atomic E-state index is 9.23. The lowest BCUT2D eigenvalue weighted by atomic mass is 10.0. The second kappa shape index (κ2) is 4.33. The highest BCUT2D eigenvalue weighted by Crippen LogP contribution is 2.21. The molecule has 15 heavy (non-hydrogen) atoms. The molecule has 1 aromatic rings. The number of nitriles is 1. The molecule has 1 aromatic carbocycles. The summed E-state index contributed by atoms with van der Waals surface area (Å²) in [5.41, 5.74) is 1.34. The summed E-state index contributed by atoms with van der Waals surface area (Å²) in [7, 11) is 1.93. The van der Waals surface area contributed by atoms with E-state index in [2.05, 4.69) is 6.07 Å². The third-order valence-corrected chi connectivity index (χ3v) is 2.68. The number of hydrogen-bond acceptors (Lipinski definition) is 3. The fourth-order valence-corrected chi connectivity index (χ4v) is 1.22. The Labute approximate surface area is 90.6 Å². The van der Waals surface area contributed by atoms with Crippen LogP contribution in [0, 0.1) is 11.3 Å². The van der Waals surface area contributed by atoms with Crippen LogP contribution in [0.5, 0.6) is 0 Å². The fraction of sp³-hybridized carbons (Fsp3) is 0.417. The van der Waals surface area contributed by atoms with Crippen molar-refractivity contribution in [1.82, 2.24) is 0 Å². The molecule has 0 saturated carbocycles. The lowest BCUT2D eigenvalue weighted by Crippen LogP contribution is -2.44. The van der Waals surface area contributed by atoms with Crippen LogP contribution in [0.1, 0.15) is 19.4 Å². The number of rotatable bonds is 3. The van der Waals surface area contributed by atoms with E-state index in [9.17, 15) is 5.11 Å². The summed E-state index contributed by atoms with van der Waals surface area (Å²) in [5.74, 6) is 0. The van der Waals surface area contributed by atoms with Crippen molar-refractivity contribution in [3.05, 3.63) is 29.8 Å². The molecule has 0 aliphatic rings. The van der Waals surface area contributed by atoms with Crippen LogP contribution in [0.15, 0.2) is 24.3 Å². The molecular weight excluding hydrogens is 188 g/mol. The maximum atomic E-state index is 9.23. The third-order valence-electron chi connectivity index (χ3n) is 2.68. The minimum absolute atomic E-state index is 0.0868. The highest BCUT2D eigenvalue weighted by atomic mass is 16.3. The Hall–Kier alpha value is -1.53. The molecule has 0 saturated heterocycles. The van der Waals surface area contributed by atoms with Gasteiger partial charge in [0.2, 0.25) is 0 Å². The van der Waals surface area contributed by atoms with Gasteiger partial charge < -0.3 is 10.0 Å². The van der Waals surface area contributed by atoms with Crippen LogP contribution in [0.3, 0.4) is 0 Å². The van der Waals surface area contributed by atoms with Crippen molar-refractivity contribution in [3.63, 3.8) is 0 Å². The van der Waals surface area contributed by atoms with Crippen molar-refractivity contribution in [1.29, 1.82) is 5.26 Å². The zero-order valence-electron chi connectivity index (χ0n) is 9.36. The summed E-state index contributed by atoms with van der Waals surface area (Å²) in [6, 6.07) is 9.40. The Balaban J connectivity index is 2.93. The van der Waals surface area contributed by atoms with Gasteiger partial charge in [0.05, 0.1) is 23.8 Å². The highest BCUT2D eigenvalue weighted by molar-refractivity contribution is 5.50. The summed E-state index contributed by atoms with van der Waals surface area (Å²) >= 11 is 0. The molecule has 1 rings (SSSR count). The molecule has 0 spiro atoms. The van der Waals surface area contributed by atoms with Gasteiger partial charge in [-0.25, -0.2) is 0 Å². The molecule has 0 bridgehead atoms. The molecule has 80 valence electrons. The molecule has 0 aliphatic carbocycles. The Kier molecular flexibility index (Phi) is 3.33. The molecule has 0 aromatic heterocycles. The monoisotopic (exact) mass is 204 g/mol. The van der Waals surface area contributed by atoms with Crippen LogP contribution in [0.2, 0.25) is 0 Å². The van der Waals surface area contributed by atoms with E-state index in [4.69, 9.17) is 5.26 Å². The molecule has 3 nitrogen and oxygen atoms in total. The van der Waals surface area contributed by atoms with E-state index in [0.717, 1.165) is 5.69 Å². The van der Waals surface area contributed by atoms with Gasteiger partial charge in [-0.1, -0.05) is 0 Å². The average Bonchev–Trinajstić information content (AvgIpc) is 2.28. The molecule has 0 fully saturated rings. The first-order valence-corrected chi connectivity index (χ1v) is 4.86. The summed E-state index contributed by atoms with van der Waals surface area (Å²) < 4.78 is 0. The first kappa shape index (κ1) is 11.5. The second-order valence-electron chi connectivity index (χ2n) is 4.19. The molecule has 0 heterocycles. The molecule has 0 aliphatic heterocycles. The number of aliphatic hydroxyl groups excluding tert-OH is 1. The average molecular weight is 204 g/mol. The van der Waals surface area contributed by atoms with E-state index >= 15 is 0 Å². The predicted molar refractivity (Wildman–Crippen MR) is 60.7 cm³/mol. The summed E-state index contributed by atoms with van der Waals surface area (Å²) in [6.07, 6.45) is 0. The van der Waals surface area contributed by atoms with E-state index in [0.29, 0.717) is 5.56 Å². The zero-order valence-corrected chi connectivity index (χ0v) is 9.36. The van der Waals surface area contributed by atoms with Gasteiger partial charge in [-0.15, -0.1) is 0 Å². The van der Waals surface area contributed by atoms with E-state index in [1.807, 2.05) is 37.9 Å². The Morgan fingerprint density at radius 3 is 2.27 bits per heavy atom. The number of likely N-dealkylation sites (N-methyl/N-ethyl adjacent to an activating group) is 1. The quantitative estimate of drug-likeness (QED) is 0.816. The Morgan fingerprint density at radius 1 is 1.33 bits per heavy atom. The van der Waals surface area contributed by atoms with Gasteiger partial charge in [0.25, 0.3) is 0 Å².